The van der Waals surface area contributed by atoms with E-state index in [1.165, 1.54) is 24.6 Å². The van der Waals surface area contributed by atoms with Crippen molar-refractivity contribution >= 4 is 26.9 Å². The zero-order chi connectivity index (χ0) is 11.2. The van der Waals surface area contributed by atoms with E-state index in [-0.39, 0.29) is 5.41 Å². The first-order valence-corrected chi connectivity index (χ1v) is 6.72. The van der Waals surface area contributed by atoms with Gasteiger partial charge in [0.1, 0.15) is 11.3 Å². The van der Waals surface area contributed by atoms with Gasteiger partial charge in [0, 0.05) is 15.6 Å². The molecule has 1 nitrogen and oxygen atoms in total. The SMILES string of the molecule is CC1(c2cc3ccccc3o2)CCC(Br)C1. The third-order valence-corrected chi connectivity index (χ3v) is 4.48. The van der Waals surface area contributed by atoms with Crippen molar-refractivity contribution in [2.75, 3.05) is 0 Å². The summed E-state index contributed by atoms with van der Waals surface area (Å²) in [4.78, 5) is 0.644. The van der Waals surface area contributed by atoms with Crippen molar-refractivity contribution in [3.05, 3.63) is 36.1 Å². The van der Waals surface area contributed by atoms with Gasteiger partial charge < -0.3 is 4.42 Å². The first kappa shape index (κ1) is 10.4. The van der Waals surface area contributed by atoms with Crippen LogP contribution in [0.2, 0.25) is 0 Å². The van der Waals surface area contributed by atoms with Crippen LogP contribution < -0.4 is 0 Å². The molecule has 1 aliphatic rings. The Morgan fingerprint density at radius 2 is 2.19 bits per heavy atom. The summed E-state index contributed by atoms with van der Waals surface area (Å²) in [5.41, 5.74) is 1.23. The average Bonchev–Trinajstić information content (AvgIpc) is 2.83. The average molecular weight is 279 g/mol. The first-order chi connectivity index (χ1) is 7.67. The summed E-state index contributed by atoms with van der Waals surface area (Å²) in [6.45, 7) is 2.31. The second-order valence-corrected chi connectivity index (χ2v) is 6.34. The second-order valence-electron chi connectivity index (χ2n) is 5.05. The molecule has 1 aliphatic carbocycles. The van der Waals surface area contributed by atoms with Gasteiger partial charge in [-0.1, -0.05) is 41.1 Å². The van der Waals surface area contributed by atoms with Gasteiger partial charge in [0.05, 0.1) is 0 Å². The lowest BCUT2D eigenvalue weighted by Gasteiger charge is -2.20. The third-order valence-electron chi connectivity index (χ3n) is 3.70. The summed E-state index contributed by atoms with van der Waals surface area (Å²) in [6, 6.07) is 10.5. The molecule has 0 radical (unpaired) electrons. The first-order valence-electron chi connectivity index (χ1n) is 5.80. The lowest BCUT2D eigenvalue weighted by Crippen LogP contribution is -2.16. The standard InChI is InChI=1S/C14H15BrO/c1-14(7-6-11(15)9-14)13-8-10-4-2-3-5-12(10)16-13/h2-5,8,11H,6-7,9H2,1H3. The van der Waals surface area contributed by atoms with E-state index in [9.17, 15) is 0 Å². The highest BCUT2D eigenvalue weighted by Gasteiger charge is 2.38. The van der Waals surface area contributed by atoms with Gasteiger partial charge in [-0.15, -0.1) is 0 Å². The fraction of sp³-hybridized carbons (Fsp3) is 0.429. The fourth-order valence-corrected chi connectivity index (χ4v) is 3.61. The largest absolute Gasteiger partial charge is 0.460 e. The normalized spacial score (nSPS) is 30.0. The van der Waals surface area contributed by atoms with Gasteiger partial charge in [0.15, 0.2) is 0 Å². The van der Waals surface area contributed by atoms with Crippen molar-refractivity contribution in [2.24, 2.45) is 0 Å². The number of alkyl halides is 1. The van der Waals surface area contributed by atoms with Crippen LogP contribution >= 0.6 is 15.9 Å². The molecule has 0 aliphatic heterocycles. The van der Waals surface area contributed by atoms with E-state index in [1.807, 2.05) is 12.1 Å². The Morgan fingerprint density at radius 3 is 2.88 bits per heavy atom. The maximum Gasteiger partial charge on any atom is 0.134 e. The smallest absolute Gasteiger partial charge is 0.134 e. The maximum atomic E-state index is 5.98. The zero-order valence-corrected chi connectivity index (χ0v) is 11.0. The summed E-state index contributed by atoms with van der Waals surface area (Å²) < 4.78 is 5.98. The minimum absolute atomic E-state index is 0.215. The van der Waals surface area contributed by atoms with E-state index in [0.717, 1.165) is 11.3 Å². The molecule has 1 heterocycles. The monoisotopic (exact) mass is 278 g/mol. The molecule has 1 fully saturated rings. The van der Waals surface area contributed by atoms with Crippen molar-refractivity contribution in [3.63, 3.8) is 0 Å². The Morgan fingerprint density at radius 1 is 1.38 bits per heavy atom. The minimum Gasteiger partial charge on any atom is -0.460 e. The molecule has 0 N–H and O–H groups in total. The van der Waals surface area contributed by atoms with Crippen molar-refractivity contribution in [1.82, 2.24) is 0 Å². The topological polar surface area (TPSA) is 13.1 Å². The molecule has 1 saturated carbocycles. The Balaban J connectivity index is 2.06. The van der Waals surface area contributed by atoms with Gasteiger partial charge in [-0.3, -0.25) is 0 Å². The molecule has 0 bridgehead atoms. The van der Waals surface area contributed by atoms with E-state index in [1.54, 1.807) is 0 Å². The van der Waals surface area contributed by atoms with E-state index >= 15 is 0 Å². The van der Waals surface area contributed by atoms with E-state index in [2.05, 4.69) is 41.1 Å². The number of fused-ring (bicyclic) bond motifs is 1. The number of furan rings is 1. The summed E-state index contributed by atoms with van der Waals surface area (Å²) in [7, 11) is 0. The van der Waals surface area contributed by atoms with Crippen LogP contribution in [0.1, 0.15) is 31.9 Å². The van der Waals surface area contributed by atoms with Crippen LogP contribution in [0, 0.1) is 0 Å². The molecule has 0 spiro atoms. The number of hydrogen-bond acceptors (Lipinski definition) is 1. The van der Waals surface area contributed by atoms with Gasteiger partial charge in [-0.05, 0) is 31.4 Å². The minimum atomic E-state index is 0.215. The highest BCUT2D eigenvalue weighted by molar-refractivity contribution is 9.09. The lowest BCUT2D eigenvalue weighted by molar-refractivity contribution is 0.382. The summed E-state index contributed by atoms with van der Waals surface area (Å²) in [5, 5.41) is 1.22. The maximum absolute atomic E-state index is 5.98. The lowest BCUT2D eigenvalue weighted by atomic mass is 9.86. The van der Waals surface area contributed by atoms with Crippen LogP contribution in [-0.2, 0) is 5.41 Å². The Hall–Kier alpha value is -0.760. The van der Waals surface area contributed by atoms with Crippen LogP contribution in [0.25, 0.3) is 11.0 Å². The van der Waals surface area contributed by atoms with E-state index in [4.69, 9.17) is 4.42 Å². The van der Waals surface area contributed by atoms with Crippen molar-refractivity contribution in [3.8, 4) is 0 Å². The van der Waals surface area contributed by atoms with Crippen LogP contribution in [0.4, 0.5) is 0 Å². The van der Waals surface area contributed by atoms with Crippen molar-refractivity contribution in [1.29, 1.82) is 0 Å². The Kier molecular flexibility index (Phi) is 2.36. The molecular weight excluding hydrogens is 264 g/mol. The summed E-state index contributed by atoms with van der Waals surface area (Å²) in [6.07, 6.45) is 3.63. The van der Waals surface area contributed by atoms with Gasteiger partial charge in [0.25, 0.3) is 0 Å². The van der Waals surface area contributed by atoms with Gasteiger partial charge >= 0.3 is 0 Å². The highest BCUT2D eigenvalue weighted by atomic mass is 79.9. The molecule has 2 atom stereocenters. The molecule has 2 unspecified atom stereocenters. The van der Waals surface area contributed by atoms with Crippen molar-refractivity contribution < 1.29 is 4.42 Å². The molecule has 84 valence electrons. The number of para-hydroxylation sites is 1. The molecular formula is C14H15BrO. The zero-order valence-electron chi connectivity index (χ0n) is 9.37. The van der Waals surface area contributed by atoms with Gasteiger partial charge in [-0.2, -0.15) is 0 Å². The van der Waals surface area contributed by atoms with Crippen LogP contribution in [0.15, 0.2) is 34.7 Å². The molecule has 1 aromatic carbocycles. The number of rotatable bonds is 1. The molecule has 0 amide bonds. The third kappa shape index (κ3) is 1.60. The van der Waals surface area contributed by atoms with E-state index in [0.29, 0.717) is 4.83 Å². The quantitative estimate of drug-likeness (QED) is 0.693. The van der Waals surface area contributed by atoms with Gasteiger partial charge in [-0.25, -0.2) is 0 Å². The van der Waals surface area contributed by atoms with Gasteiger partial charge in [0.2, 0.25) is 0 Å². The predicted molar refractivity (Wildman–Crippen MR) is 70.1 cm³/mol. The Bertz CT molecular complexity index is 483. The molecule has 0 saturated heterocycles. The number of benzene rings is 1. The van der Waals surface area contributed by atoms with E-state index < -0.39 is 0 Å². The van der Waals surface area contributed by atoms with Crippen LogP contribution in [0.5, 0.6) is 0 Å². The fourth-order valence-electron chi connectivity index (χ4n) is 2.67. The summed E-state index contributed by atoms with van der Waals surface area (Å²) in [5.74, 6) is 1.15. The second kappa shape index (κ2) is 3.63. The summed E-state index contributed by atoms with van der Waals surface area (Å²) >= 11 is 3.71. The molecule has 2 heteroatoms. The molecule has 3 rings (SSSR count). The number of halogens is 1. The predicted octanol–water partition coefficient (Wildman–Crippen LogP) is 4.64. The van der Waals surface area contributed by atoms with Crippen LogP contribution in [-0.4, -0.2) is 4.83 Å². The molecule has 2 aromatic rings. The highest BCUT2D eigenvalue weighted by Crippen LogP contribution is 2.44. The number of hydrogen-bond donors (Lipinski definition) is 0. The molecule has 1 aromatic heterocycles. The van der Waals surface area contributed by atoms with Crippen LogP contribution in [0.3, 0.4) is 0 Å². The molecule has 16 heavy (non-hydrogen) atoms. The van der Waals surface area contributed by atoms with Crippen molar-refractivity contribution in [2.45, 2.75) is 36.4 Å². The Labute approximate surface area is 104 Å².